The largest absolute Gasteiger partial charge is 0.437 e. The van der Waals surface area contributed by atoms with E-state index in [2.05, 4.69) is 16.0 Å². The molecule has 1 saturated heterocycles. The van der Waals surface area contributed by atoms with Crippen LogP contribution in [0.4, 0.5) is 0 Å². The Hall–Kier alpha value is -1.89. The van der Waals surface area contributed by atoms with Gasteiger partial charge in [0.2, 0.25) is 0 Å². The first-order valence-corrected chi connectivity index (χ1v) is 9.39. The normalized spacial score (nSPS) is 18.4. The highest BCUT2D eigenvalue weighted by atomic mass is 35.5. The second-order valence-electron chi connectivity index (χ2n) is 6.70. The molecule has 0 atom stereocenters. The van der Waals surface area contributed by atoms with Gasteiger partial charge in [-0.25, -0.2) is 4.98 Å². The Morgan fingerprint density at radius 3 is 2.77 bits per heavy atom. The van der Waals surface area contributed by atoms with Crippen LogP contribution in [0.2, 0.25) is 5.02 Å². The molecule has 0 bridgehead atoms. The molecule has 138 valence electrons. The van der Waals surface area contributed by atoms with Gasteiger partial charge in [-0.1, -0.05) is 23.7 Å². The van der Waals surface area contributed by atoms with Crippen molar-refractivity contribution in [2.45, 2.75) is 19.4 Å². The van der Waals surface area contributed by atoms with Crippen LogP contribution in [0.3, 0.4) is 0 Å². The van der Waals surface area contributed by atoms with Crippen molar-refractivity contribution >= 4 is 17.5 Å². The number of oxazole rings is 1. The molecule has 3 heterocycles. The number of hydrogen-bond acceptors (Lipinski definition) is 5. The molecular weight excluding hydrogens is 354 g/mol. The first-order valence-electron chi connectivity index (χ1n) is 9.01. The molecule has 7 heteroatoms. The van der Waals surface area contributed by atoms with Crippen LogP contribution in [-0.2, 0) is 24.1 Å². The quantitative estimate of drug-likeness (QED) is 0.824. The summed E-state index contributed by atoms with van der Waals surface area (Å²) >= 11 is 6.07. The molecule has 0 N–H and O–H groups in total. The Kier molecular flexibility index (Phi) is 5.24. The van der Waals surface area contributed by atoms with Crippen molar-refractivity contribution in [1.29, 1.82) is 0 Å². The van der Waals surface area contributed by atoms with E-state index in [1.54, 1.807) is 4.90 Å². The van der Waals surface area contributed by atoms with Gasteiger partial charge in [0, 0.05) is 50.6 Å². The van der Waals surface area contributed by atoms with Gasteiger partial charge in [-0.2, -0.15) is 0 Å². The number of ether oxygens (including phenoxy) is 1. The molecular formula is C19H22ClN3O3. The number of aromatic nitrogens is 1. The second-order valence-corrected chi connectivity index (χ2v) is 7.14. The lowest BCUT2D eigenvalue weighted by Gasteiger charge is -2.25. The first-order chi connectivity index (χ1) is 12.7. The van der Waals surface area contributed by atoms with Gasteiger partial charge in [0.15, 0.2) is 0 Å². The molecule has 4 rings (SSSR count). The summed E-state index contributed by atoms with van der Waals surface area (Å²) in [6.07, 6.45) is 1.55. The summed E-state index contributed by atoms with van der Waals surface area (Å²) in [5.41, 5.74) is 2.11. The van der Waals surface area contributed by atoms with Gasteiger partial charge >= 0.3 is 5.91 Å². The van der Waals surface area contributed by atoms with Crippen LogP contribution >= 0.6 is 11.6 Å². The molecule has 0 radical (unpaired) electrons. The zero-order valence-electron chi connectivity index (χ0n) is 14.6. The summed E-state index contributed by atoms with van der Waals surface area (Å²) in [7, 11) is 0. The third-order valence-corrected chi connectivity index (χ3v) is 5.11. The van der Waals surface area contributed by atoms with Crippen molar-refractivity contribution in [3.05, 3.63) is 52.2 Å². The summed E-state index contributed by atoms with van der Waals surface area (Å²) in [5, 5.41) is 0.761. The van der Waals surface area contributed by atoms with E-state index in [-0.39, 0.29) is 11.8 Å². The van der Waals surface area contributed by atoms with Crippen LogP contribution in [0.25, 0.3) is 0 Å². The molecule has 0 unspecified atom stereocenters. The summed E-state index contributed by atoms with van der Waals surface area (Å²) in [6.45, 7) is 4.95. The molecule has 2 aromatic rings. The lowest BCUT2D eigenvalue weighted by molar-refractivity contribution is 0.0276. The average molecular weight is 376 g/mol. The predicted octanol–water partition coefficient (Wildman–Crippen LogP) is 2.40. The van der Waals surface area contributed by atoms with Gasteiger partial charge in [-0.05, 0) is 17.7 Å². The smallest absolute Gasteiger partial charge is 0.309 e. The number of morpholine rings is 1. The van der Waals surface area contributed by atoms with Crippen molar-refractivity contribution in [2.75, 3.05) is 39.4 Å². The standard InChI is InChI=1S/C19H22ClN3O3/c20-15-3-1-2-14(12-15)13-22-6-4-16-17(5-7-22)26-18(21-16)19(24)23-8-10-25-11-9-23/h1-3,12H,4-11,13H2. The van der Waals surface area contributed by atoms with E-state index in [0.29, 0.717) is 26.3 Å². The summed E-state index contributed by atoms with van der Waals surface area (Å²) in [6, 6.07) is 7.96. The Labute approximate surface area is 157 Å². The zero-order chi connectivity index (χ0) is 17.9. The Bertz CT molecular complexity index is 761. The number of amides is 1. The number of benzene rings is 1. The second kappa shape index (κ2) is 7.78. The molecule has 2 aliphatic rings. The van der Waals surface area contributed by atoms with Crippen LogP contribution in [0.5, 0.6) is 0 Å². The van der Waals surface area contributed by atoms with E-state index in [0.717, 1.165) is 49.0 Å². The third-order valence-electron chi connectivity index (χ3n) is 4.87. The van der Waals surface area contributed by atoms with Gasteiger partial charge in [0.25, 0.3) is 5.89 Å². The predicted molar refractivity (Wildman–Crippen MR) is 97.4 cm³/mol. The minimum atomic E-state index is -0.128. The summed E-state index contributed by atoms with van der Waals surface area (Å²) < 4.78 is 11.1. The van der Waals surface area contributed by atoms with E-state index in [4.69, 9.17) is 20.8 Å². The van der Waals surface area contributed by atoms with Crippen molar-refractivity contribution in [3.8, 4) is 0 Å². The maximum absolute atomic E-state index is 12.5. The highest BCUT2D eigenvalue weighted by Gasteiger charge is 2.26. The van der Waals surface area contributed by atoms with Crippen LogP contribution < -0.4 is 0 Å². The van der Waals surface area contributed by atoms with E-state index >= 15 is 0 Å². The fourth-order valence-electron chi connectivity index (χ4n) is 3.45. The molecule has 1 fully saturated rings. The number of carbonyl (C=O) groups excluding carboxylic acids is 1. The Balaban J connectivity index is 1.40. The molecule has 0 saturated carbocycles. The lowest BCUT2D eigenvalue weighted by atomic mass is 10.2. The van der Waals surface area contributed by atoms with E-state index in [1.165, 1.54) is 5.56 Å². The highest BCUT2D eigenvalue weighted by molar-refractivity contribution is 6.30. The average Bonchev–Trinajstić information content (AvgIpc) is 2.98. The molecule has 1 aromatic heterocycles. The number of fused-ring (bicyclic) bond motifs is 1. The van der Waals surface area contributed by atoms with Gasteiger partial charge < -0.3 is 14.1 Å². The molecule has 1 aromatic carbocycles. The number of carbonyl (C=O) groups is 1. The SMILES string of the molecule is O=C(c1nc2c(o1)CCN(Cc1cccc(Cl)c1)CC2)N1CCOCC1. The molecule has 6 nitrogen and oxygen atoms in total. The van der Waals surface area contributed by atoms with Crippen molar-refractivity contribution in [3.63, 3.8) is 0 Å². The van der Waals surface area contributed by atoms with Gasteiger partial charge in [-0.3, -0.25) is 9.69 Å². The lowest BCUT2D eigenvalue weighted by Crippen LogP contribution is -2.40. The minimum Gasteiger partial charge on any atom is -0.437 e. The number of nitrogens with zero attached hydrogens (tertiary/aromatic N) is 3. The van der Waals surface area contributed by atoms with E-state index in [9.17, 15) is 4.79 Å². The topological polar surface area (TPSA) is 58.8 Å². The first kappa shape index (κ1) is 17.5. The summed E-state index contributed by atoms with van der Waals surface area (Å²) in [4.78, 5) is 21.1. The van der Waals surface area contributed by atoms with Crippen molar-refractivity contribution in [2.24, 2.45) is 0 Å². The van der Waals surface area contributed by atoms with E-state index < -0.39 is 0 Å². The molecule has 0 aliphatic carbocycles. The molecule has 26 heavy (non-hydrogen) atoms. The van der Waals surface area contributed by atoms with E-state index in [1.807, 2.05) is 18.2 Å². The van der Waals surface area contributed by atoms with Crippen LogP contribution in [-0.4, -0.2) is 60.1 Å². The number of halogens is 1. The summed E-state index contributed by atoms with van der Waals surface area (Å²) in [5.74, 6) is 0.938. The van der Waals surface area contributed by atoms with Gasteiger partial charge in [-0.15, -0.1) is 0 Å². The Morgan fingerprint density at radius 2 is 1.96 bits per heavy atom. The van der Waals surface area contributed by atoms with Crippen LogP contribution in [0.15, 0.2) is 28.7 Å². The highest BCUT2D eigenvalue weighted by Crippen LogP contribution is 2.20. The van der Waals surface area contributed by atoms with Crippen LogP contribution in [0.1, 0.15) is 27.7 Å². The van der Waals surface area contributed by atoms with Crippen molar-refractivity contribution < 1.29 is 13.9 Å². The van der Waals surface area contributed by atoms with Crippen molar-refractivity contribution in [1.82, 2.24) is 14.8 Å². The fraction of sp³-hybridized carbons (Fsp3) is 0.474. The minimum absolute atomic E-state index is 0.128. The van der Waals surface area contributed by atoms with Crippen LogP contribution in [0, 0.1) is 0 Å². The monoisotopic (exact) mass is 375 g/mol. The molecule has 0 spiro atoms. The zero-order valence-corrected chi connectivity index (χ0v) is 15.4. The van der Waals surface area contributed by atoms with Gasteiger partial charge in [0.1, 0.15) is 5.76 Å². The third kappa shape index (κ3) is 3.92. The molecule has 1 amide bonds. The Morgan fingerprint density at radius 1 is 1.15 bits per heavy atom. The fourth-order valence-corrected chi connectivity index (χ4v) is 3.67. The maximum atomic E-state index is 12.5. The number of hydrogen-bond donors (Lipinski definition) is 0. The molecule has 2 aliphatic heterocycles. The van der Waals surface area contributed by atoms with Gasteiger partial charge in [0.05, 0.1) is 18.9 Å². The maximum Gasteiger partial charge on any atom is 0.309 e. The number of rotatable bonds is 3.